The second kappa shape index (κ2) is 2.90. The lowest BCUT2D eigenvalue weighted by atomic mass is 10.0. The average Bonchev–Trinajstić information content (AvgIpc) is 2.34. The van der Waals surface area contributed by atoms with Crippen LogP contribution in [-0.4, -0.2) is 18.7 Å². The van der Waals surface area contributed by atoms with Gasteiger partial charge in [-0.1, -0.05) is 20.3 Å². The fourth-order valence-electron chi connectivity index (χ4n) is 0.991. The molecule has 10 heavy (non-hydrogen) atoms. The second-order valence-corrected chi connectivity index (χ2v) is 2.73. The van der Waals surface area contributed by atoms with Gasteiger partial charge in [-0.15, -0.1) is 0 Å². The van der Waals surface area contributed by atoms with Crippen LogP contribution in [0.15, 0.2) is 0 Å². The number of carbonyl (C=O) groups excluding carboxylic acids is 1. The monoisotopic (exact) mass is 143 g/mol. The van der Waals surface area contributed by atoms with E-state index >= 15 is 0 Å². The molecule has 0 aromatic heterocycles. The molecule has 1 aliphatic rings. The number of cyclic esters (lactones) is 1. The van der Waals surface area contributed by atoms with E-state index in [0.29, 0.717) is 12.5 Å². The Kier molecular flexibility index (Phi) is 2.14. The molecule has 0 unspecified atom stereocenters. The summed E-state index contributed by atoms with van der Waals surface area (Å²) >= 11 is 0. The normalized spacial score (nSPS) is 27.4. The zero-order valence-electron chi connectivity index (χ0n) is 6.39. The van der Waals surface area contributed by atoms with Crippen LogP contribution in [0.25, 0.3) is 0 Å². The molecule has 0 aromatic rings. The molecule has 1 amide bonds. The molecule has 3 heteroatoms. The Morgan fingerprint density at radius 2 is 2.60 bits per heavy atom. The first-order valence-electron chi connectivity index (χ1n) is 3.67. The number of nitrogens with one attached hydrogen (secondary N) is 1. The van der Waals surface area contributed by atoms with E-state index in [1.165, 1.54) is 0 Å². The van der Waals surface area contributed by atoms with Gasteiger partial charge < -0.3 is 10.1 Å². The predicted molar refractivity (Wildman–Crippen MR) is 37.7 cm³/mol. The van der Waals surface area contributed by atoms with E-state index in [-0.39, 0.29) is 12.1 Å². The van der Waals surface area contributed by atoms with E-state index in [9.17, 15) is 4.79 Å². The van der Waals surface area contributed by atoms with Gasteiger partial charge in [-0.3, -0.25) is 0 Å². The average molecular weight is 143 g/mol. The Labute approximate surface area is 60.7 Å². The smallest absolute Gasteiger partial charge is 0.407 e. The Bertz CT molecular complexity index is 136. The molecule has 1 rings (SSSR count). The predicted octanol–water partition coefficient (Wildman–Crippen LogP) is 1.14. The van der Waals surface area contributed by atoms with Crippen molar-refractivity contribution in [3.63, 3.8) is 0 Å². The number of hydrogen-bond acceptors (Lipinski definition) is 2. The summed E-state index contributed by atoms with van der Waals surface area (Å²) in [5.41, 5.74) is 0. The highest BCUT2D eigenvalue weighted by Crippen LogP contribution is 2.11. The van der Waals surface area contributed by atoms with Crippen LogP contribution in [0.5, 0.6) is 0 Å². The molecule has 2 atom stereocenters. The summed E-state index contributed by atoms with van der Waals surface area (Å²) in [6.07, 6.45) is 0.805. The van der Waals surface area contributed by atoms with Crippen LogP contribution in [0.1, 0.15) is 20.3 Å². The third-order valence-electron chi connectivity index (χ3n) is 2.03. The van der Waals surface area contributed by atoms with Gasteiger partial charge in [-0.05, 0) is 5.92 Å². The molecule has 1 fully saturated rings. The molecule has 0 spiro atoms. The number of rotatable bonds is 2. The molecular weight excluding hydrogens is 130 g/mol. The number of carbonyl (C=O) groups is 1. The molecular formula is C7H13NO2. The summed E-state index contributed by atoms with van der Waals surface area (Å²) in [5.74, 6) is 0.520. The van der Waals surface area contributed by atoms with Gasteiger partial charge in [0.15, 0.2) is 0 Å². The standard InChI is InChI=1S/C7H13NO2/c1-3-5(2)6-4-10-7(9)8-6/h5-6H,3-4H2,1-2H3,(H,8,9)/t5-,6+/m0/s1. The minimum atomic E-state index is -0.273. The quantitative estimate of drug-likeness (QED) is 0.629. The summed E-state index contributed by atoms with van der Waals surface area (Å²) in [6, 6.07) is 0.234. The van der Waals surface area contributed by atoms with Crippen molar-refractivity contribution in [1.29, 1.82) is 0 Å². The van der Waals surface area contributed by atoms with Crippen LogP contribution >= 0.6 is 0 Å². The molecule has 1 N–H and O–H groups in total. The fourth-order valence-corrected chi connectivity index (χ4v) is 0.991. The van der Waals surface area contributed by atoms with E-state index < -0.39 is 0 Å². The minimum absolute atomic E-state index is 0.234. The summed E-state index contributed by atoms with van der Waals surface area (Å²) in [7, 11) is 0. The first kappa shape index (κ1) is 7.38. The van der Waals surface area contributed by atoms with E-state index in [1.54, 1.807) is 0 Å². The van der Waals surface area contributed by atoms with Crippen LogP contribution in [0.3, 0.4) is 0 Å². The number of amides is 1. The van der Waals surface area contributed by atoms with Crippen molar-refractivity contribution in [2.24, 2.45) is 5.92 Å². The lowest BCUT2D eigenvalue weighted by Crippen LogP contribution is -2.32. The summed E-state index contributed by atoms with van der Waals surface area (Å²) in [5, 5.41) is 2.74. The first-order chi connectivity index (χ1) is 4.74. The van der Waals surface area contributed by atoms with Crippen LogP contribution < -0.4 is 5.32 Å². The van der Waals surface area contributed by atoms with Crippen molar-refractivity contribution in [1.82, 2.24) is 5.32 Å². The van der Waals surface area contributed by atoms with E-state index in [0.717, 1.165) is 6.42 Å². The van der Waals surface area contributed by atoms with Gasteiger partial charge in [0.1, 0.15) is 6.61 Å². The number of alkyl carbamates (subject to hydrolysis) is 1. The SMILES string of the molecule is CC[C@H](C)[C@H]1COC(=O)N1. The largest absolute Gasteiger partial charge is 0.447 e. The topological polar surface area (TPSA) is 38.3 Å². The van der Waals surface area contributed by atoms with Gasteiger partial charge in [-0.25, -0.2) is 4.79 Å². The number of ether oxygens (including phenoxy) is 1. The molecule has 0 bridgehead atoms. The van der Waals surface area contributed by atoms with Crippen molar-refractivity contribution >= 4 is 6.09 Å². The molecule has 3 nitrogen and oxygen atoms in total. The molecule has 1 aliphatic heterocycles. The van der Waals surface area contributed by atoms with Gasteiger partial charge >= 0.3 is 6.09 Å². The Morgan fingerprint density at radius 3 is 3.00 bits per heavy atom. The van der Waals surface area contributed by atoms with Crippen LogP contribution in [0.2, 0.25) is 0 Å². The molecule has 1 saturated heterocycles. The van der Waals surface area contributed by atoms with E-state index in [1.807, 2.05) is 0 Å². The second-order valence-electron chi connectivity index (χ2n) is 2.73. The van der Waals surface area contributed by atoms with Crippen molar-refractivity contribution in [3.05, 3.63) is 0 Å². The number of hydrogen-bond donors (Lipinski definition) is 1. The molecule has 1 heterocycles. The molecule has 0 aromatic carbocycles. The van der Waals surface area contributed by atoms with Crippen LogP contribution in [-0.2, 0) is 4.74 Å². The highest BCUT2D eigenvalue weighted by Gasteiger charge is 2.25. The molecule has 0 aliphatic carbocycles. The van der Waals surface area contributed by atoms with Gasteiger partial charge in [0.2, 0.25) is 0 Å². The van der Waals surface area contributed by atoms with Crippen molar-refractivity contribution in [2.45, 2.75) is 26.3 Å². The maximum Gasteiger partial charge on any atom is 0.407 e. The Hall–Kier alpha value is -0.730. The maximum absolute atomic E-state index is 10.5. The fraction of sp³-hybridized carbons (Fsp3) is 0.857. The van der Waals surface area contributed by atoms with Crippen molar-refractivity contribution < 1.29 is 9.53 Å². The first-order valence-corrected chi connectivity index (χ1v) is 3.67. The van der Waals surface area contributed by atoms with Gasteiger partial charge in [0.05, 0.1) is 6.04 Å². The van der Waals surface area contributed by atoms with E-state index in [4.69, 9.17) is 4.74 Å². The van der Waals surface area contributed by atoms with Crippen LogP contribution in [0, 0.1) is 5.92 Å². The summed E-state index contributed by atoms with van der Waals surface area (Å²) < 4.78 is 4.74. The summed E-state index contributed by atoms with van der Waals surface area (Å²) in [6.45, 7) is 4.75. The third kappa shape index (κ3) is 1.40. The summed E-state index contributed by atoms with van der Waals surface area (Å²) in [4.78, 5) is 10.5. The third-order valence-corrected chi connectivity index (χ3v) is 2.03. The highest BCUT2D eigenvalue weighted by atomic mass is 16.6. The van der Waals surface area contributed by atoms with E-state index in [2.05, 4.69) is 19.2 Å². The lowest BCUT2D eigenvalue weighted by Gasteiger charge is -2.13. The Balaban J connectivity index is 2.36. The zero-order valence-corrected chi connectivity index (χ0v) is 6.39. The molecule has 0 saturated carbocycles. The molecule has 0 radical (unpaired) electrons. The van der Waals surface area contributed by atoms with Crippen molar-refractivity contribution in [2.75, 3.05) is 6.61 Å². The molecule has 58 valence electrons. The van der Waals surface area contributed by atoms with Gasteiger partial charge in [-0.2, -0.15) is 0 Å². The Morgan fingerprint density at radius 1 is 1.90 bits per heavy atom. The van der Waals surface area contributed by atoms with Gasteiger partial charge in [0.25, 0.3) is 0 Å². The maximum atomic E-state index is 10.5. The van der Waals surface area contributed by atoms with Gasteiger partial charge in [0, 0.05) is 0 Å². The minimum Gasteiger partial charge on any atom is -0.447 e. The highest BCUT2D eigenvalue weighted by molar-refractivity contribution is 5.69. The van der Waals surface area contributed by atoms with Crippen LogP contribution in [0.4, 0.5) is 4.79 Å². The lowest BCUT2D eigenvalue weighted by molar-refractivity contribution is 0.175. The zero-order chi connectivity index (χ0) is 7.56. The van der Waals surface area contributed by atoms with Crippen molar-refractivity contribution in [3.8, 4) is 0 Å².